The standard InChI is InChI=1S/C14H25N3O4/c1-9(2)15-12(18)8-17(3)14(21)16-11-6-4-5-10(7-11)13(19)20/h9-11H,4-8H2,1-3H3,(H,15,18)(H,16,21)(H,19,20). The molecule has 1 fully saturated rings. The summed E-state index contributed by atoms with van der Waals surface area (Å²) in [5, 5.41) is 14.5. The molecule has 7 nitrogen and oxygen atoms in total. The molecule has 7 heteroatoms. The summed E-state index contributed by atoms with van der Waals surface area (Å²) in [5.41, 5.74) is 0. The van der Waals surface area contributed by atoms with Crippen LogP contribution in [0.15, 0.2) is 0 Å². The van der Waals surface area contributed by atoms with Crippen molar-refractivity contribution in [1.29, 1.82) is 0 Å². The van der Waals surface area contributed by atoms with Gasteiger partial charge >= 0.3 is 12.0 Å². The molecule has 1 aliphatic rings. The number of hydrogen-bond acceptors (Lipinski definition) is 3. The molecule has 0 saturated heterocycles. The van der Waals surface area contributed by atoms with Crippen LogP contribution in [0.5, 0.6) is 0 Å². The molecular weight excluding hydrogens is 274 g/mol. The maximum atomic E-state index is 12.0. The van der Waals surface area contributed by atoms with Crippen LogP contribution in [0.25, 0.3) is 0 Å². The second kappa shape index (κ2) is 7.85. The number of carbonyl (C=O) groups excluding carboxylic acids is 2. The van der Waals surface area contributed by atoms with Crippen LogP contribution in [-0.4, -0.2) is 53.6 Å². The van der Waals surface area contributed by atoms with Crippen LogP contribution in [0.3, 0.4) is 0 Å². The maximum Gasteiger partial charge on any atom is 0.317 e. The lowest BCUT2D eigenvalue weighted by Gasteiger charge is -2.29. The van der Waals surface area contributed by atoms with Crippen molar-refractivity contribution in [1.82, 2.24) is 15.5 Å². The fourth-order valence-electron chi connectivity index (χ4n) is 2.48. The van der Waals surface area contributed by atoms with Crippen LogP contribution in [0, 0.1) is 5.92 Å². The highest BCUT2D eigenvalue weighted by Crippen LogP contribution is 2.24. The summed E-state index contributed by atoms with van der Waals surface area (Å²) in [6.07, 6.45) is 2.68. The highest BCUT2D eigenvalue weighted by Gasteiger charge is 2.28. The summed E-state index contributed by atoms with van der Waals surface area (Å²) >= 11 is 0. The average Bonchev–Trinajstić information content (AvgIpc) is 2.37. The van der Waals surface area contributed by atoms with E-state index in [0.29, 0.717) is 12.8 Å². The van der Waals surface area contributed by atoms with E-state index in [1.807, 2.05) is 13.8 Å². The van der Waals surface area contributed by atoms with E-state index < -0.39 is 11.9 Å². The predicted molar refractivity (Wildman–Crippen MR) is 77.8 cm³/mol. The molecule has 120 valence electrons. The largest absolute Gasteiger partial charge is 0.481 e. The zero-order valence-corrected chi connectivity index (χ0v) is 12.9. The number of nitrogens with one attached hydrogen (secondary N) is 2. The maximum absolute atomic E-state index is 12.0. The van der Waals surface area contributed by atoms with Crippen molar-refractivity contribution in [2.24, 2.45) is 5.92 Å². The Morgan fingerprint density at radius 2 is 1.95 bits per heavy atom. The average molecular weight is 299 g/mol. The van der Waals surface area contributed by atoms with Crippen molar-refractivity contribution < 1.29 is 19.5 Å². The van der Waals surface area contributed by atoms with Crippen LogP contribution in [0.4, 0.5) is 4.79 Å². The van der Waals surface area contributed by atoms with Crippen LogP contribution < -0.4 is 10.6 Å². The van der Waals surface area contributed by atoms with Gasteiger partial charge in [-0.15, -0.1) is 0 Å². The minimum Gasteiger partial charge on any atom is -0.481 e. The third-order valence-electron chi connectivity index (χ3n) is 3.53. The van der Waals surface area contributed by atoms with Gasteiger partial charge in [0.05, 0.1) is 5.92 Å². The molecule has 0 aromatic carbocycles. The lowest BCUT2D eigenvalue weighted by atomic mass is 9.86. The number of carbonyl (C=O) groups is 3. The first-order chi connectivity index (χ1) is 9.79. The number of carboxylic acid groups (broad SMARTS) is 1. The first-order valence-electron chi connectivity index (χ1n) is 7.33. The highest BCUT2D eigenvalue weighted by atomic mass is 16.4. The molecular formula is C14H25N3O4. The van der Waals surface area contributed by atoms with E-state index in [1.54, 1.807) is 7.05 Å². The summed E-state index contributed by atoms with van der Waals surface area (Å²) in [6, 6.07) is -0.448. The predicted octanol–water partition coefficient (Wildman–Crippen LogP) is 0.796. The van der Waals surface area contributed by atoms with E-state index in [1.165, 1.54) is 4.90 Å². The number of carboxylic acids is 1. The molecule has 0 aromatic heterocycles. The van der Waals surface area contributed by atoms with Crippen molar-refractivity contribution in [2.45, 2.75) is 51.6 Å². The van der Waals surface area contributed by atoms with Crippen molar-refractivity contribution in [3.8, 4) is 0 Å². The quantitative estimate of drug-likeness (QED) is 0.699. The van der Waals surface area contributed by atoms with Crippen molar-refractivity contribution in [3.05, 3.63) is 0 Å². The van der Waals surface area contributed by atoms with Gasteiger partial charge in [-0.05, 0) is 33.1 Å². The van der Waals surface area contributed by atoms with Gasteiger partial charge in [0, 0.05) is 19.1 Å². The summed E-state index contributed by atoms with van der Waals surface area (Å²) in [4.78, 5) is 35.9. The van der Waals surface area contributed by atoms with Gasteiger partial charge in [-0.1, -0.05) is 6.42 Å². The lowest BCUT2D eigenvalue weighted by Crippen LogP contribution is -2.48. The molecule has 2 unspecified atom stereocenters. The van der Waals surface area contributed by atoms with Crippen LogP contribution >= 0.6 is 0 Å². The smallest absolute Gasteiger partial charge is 0.317 e. The molecule has 2 atom stereocenters. The molecule has 0 radical (unpaired) electrons. The Hall–Kier alpha value is -1.79. The van der Waals surface area contributed by atoms with Gasteiger partial charge < -0.3 is 20.6 Å². The zero-order valence-electron chi connectivity index (χ0n) is 12.9. The van der Waals surface area contributed by atoms with E-state index in [9.17, 15) is 14.4 Å². The number of aliphatic carboxylic acids is 1. The molecule has 0 aliphatic heterocycles. The lowest BCUT2D eigenvalue weighted by molar-refractivity contribution is -0.143. The molecule has 1 aliphatic carbocycles. The molecule has 0 spiro atoms. The van der Waals surface area contributed by atoms with Gasteiger partial charge in [0.2, 0.25) is 5.91 Å². The Morgan fingerprint density at radius 1 is 1.29 bits per heavy atom. The first kappa shape index (κ1) is 17.3. The van der Waals surface area contributed by atoms with E-state index >= 15 is 0 Å². The molecule has 0 aromatic rings. The fraction of sp³-hybridized carbons (Fsp3) is 0.786. The Balaban J connectivity index is 2.41. The molecule has 21 heavy (non-hydrogen) atoms. The molecule has 1 saturated carbocycles. The summed E-state index contributed by atoms with van der Waals surface area (Å²) in [7, 11) is 1.55. The van der Waals surface area contributed by atoms with Crippen molar-refractivity contribution in [2.75, 3.05) is 13.6 Å². The second-order valence-corrected chi connectivity index (χ2v) is 5.93. The van der Waals surface area contributed by atoms with E-state index in [0.717, 1.165) is 12.8 Å². The first-order valence-corrected chi connectivity index (χ1v) is 7.33. The van der Waals surface area contributed by atoms with Gasteiger partial charge in [0.15, 0.2) is 0 Å². The number of nitrogens with zero attached hydrogens (tertiary/aromatic N) is 1. The van der Waals surface area contributed by atoms with Gasteiger partial charge in [0.1, 0.15) is 6.54 Å². The normalized spacial score (nSPS) is 21.7. The third-order valence-corrected chi connectivity index (χ3v) is 3.53. The summed E-state index contributed by atoms with van der Waals surface area (Å²) in [5.74, 6) is -1.41. The fourth-order valence-corrected chi connectivity index (χ4v) is 2.48. The minimum atomic E-state index is -0.807. The number of urea groups is 1. The number of likely N-dealkylation sites (N-methyl/N-ethyl adjacent to an activating group) is 1. The van der Waals surface area contributed by atoms with Gasteiger partial charge in [0.25, 0.3) is 0 Å². The molecule has 1 rings (SSSR count). The number of amides is 3. The minimum absolute atomic E-state index is 0.0148. The summed E-state index contributed by atoms with van der Waals surface area (Å²) in [6.45, 7) is 3.69. The second-order valence-electron chi connectivity index (χ2n) is 5.93. The molecule has 0 bridgehead atoms. The van der Waals surface area contributed by atoms with Gasteiger partial charge in [-0.25, -0.2) is 4.79 Å². The van der Waals surface area contributed by atoms with Gasteiger partial charge in [-0.2, -0.15) is 0 Å². The van der Waals surface area contributed by atoms with E-state index in [4.69, 9.17) is 5.11 Å². The number of hydrogen-bond donors (Lipinski definition) is 3. The Kier molecular flexibility index (Phi) is 6.45. The Bertz CT molecular complexity index is 398. The topological polar surface area (TPSA) is 98.7 Å². The molecule has 3 N–H and O–H groups in total. The Labute approximate surface area is 125 Å². The molecule has 0 heterocycles. The highest BCUT2D eigenvalue weighted by molar-refractivity contribution is 5.84. The number of rotatable bonds is 5. The Morgan fingerprint density at radius 3 is 2.52 bits per heavy atom. The van der Waals surface area contributed by atoms with E-state index in [-0.39, 0.29) is 30.6 Å². The van der Waals surface area contributed by atoms with Crippen LogP contribution in [0.2, 0.25) is 0 Å². The third kappa shape index (κ3) is 6.01. The molecule has 3 amide bonds. The van der Waals surface area contributed by atoms with Crippen LogP contribution in [-0.2, 0) is 9.59 Å². The summed E-state index contributed by atoms with van der Waals surface area (Å²) < 4.78 is 0. The monoisotopic (exact) mass is 299 g/mol. The van der Waals surface area contributed by atoms with Crippen molar-refractivity contribution in [3.63, 3.8) is 0 Å². The van der Waals surface area contributed by atoms with Gasteiger partial charge in [-0.3, -0.25) is 9.59 Å². The SMILES string of the molecule is CC(C)NC(=O)CN(C)C(=O)NC1CCCC(C(=O)O)C1. The van der Waals surface area contributed by atoms with Crippen molar-refractivity contribution >= 4 is 17.9 Å². The zero-order chi connectivity index (χ0) is 16.0. The van der Waals surface area contributed by atoms with Crippen LogP contribution in [0.1, 0.15) is 39.5 Å². The van der Waals surface area contributed by atoms with E-state index in [2.05, 4.69) is 10.6 Å².